The fraction of sp³-hybridized carbons (Fsp3) is 0. The summed E-state index contributed by atoms with van der Waals surface area (Å²) in [6.45, 7) is 0. The van der Waals surface area contributed by atoms with Crippen LogP contribution in [-0.4, -0.2) is 9.78 Å². The van der Waals surface area contributed by atoms with Crippen molar-refractivity contribution in [3.8, 4) is 11.8 Å². The van der Waals surface area contributed by atoms with Crippen LogP contribution >= 0.6 is 34.2 Å². The summed E-state index contributed by atoms with van der Waals surface area (Å²) in [6, 6.07) is 5.89. The molecule has 16 heavy (non-hydrogen) atoms. The van der Waals surface area contributed by atoms with E-state index in [2.05, 4.69) is 5.10 Å². The SMILES string of the molecule is N#Cc1cc(F)cc(-n2cc(Cl)c(I)n2)c1. The van der Waals surface area contributed by atoms with Gasteiger partial charge in [-0.05, 0) is 40.8 Å². The maximum Gasteiger partial charge on any atom is 0.142 e. The van der Waals surface area contributed by atoms with Crippen molar-refractivity contribution in [2.75, 3.05) is 0 Å². The van der Waals surface area contributed by atoms with Gasteiger partial charge in [0, 0.05) is 0 Å². The Bertz CT molecular complexity index is 569. The molecule has 0 unspecified atom stereocenters. The highest BCUT2D eigenvalue weighted by Crippen LogP contribution is 2.20. The molecule has 6 heteroatoms. The number of rotatable bonds is 1. The summed E-state index contributed by atoms with van der Waals surface area (Å²) in [4.78, 5) is 0. The van der Waals surface area contributed by atoms with Gasteiger partial charge in [0.2, 0.25) is 0 Å². The summed E-state index contributed by atoms with van der Waals surface area (Å²) in [5.74, 6) is -0.476. The molecule has 1 aromatic carbocycles. The molecule has 0 amide bonds. The normalized spacial score (nSPS) is 10.1. The highest BCUT2D eigenvalue weighted by molar-refractivity contribution is 14.1. The van der Waals surface area contributed by atoms with Gasteiger partial charge in [-0.15, -0.1) is 0 Å². The van der Waals surface area contributed by atoms with Gasteiger partial charge in [0.1, 0.15) is 9.52 Å². The van der Waals surface area contributed by atoms with Crippen molar-refractivity contribution in [1.82, 2.24) is 9.78 Å². The van der Waals surface area contributed by atoms with Crippen molar-refractivity contribution >= 4 is 34.2 Å². The van der Waals surface area contributed by atoms with Crippen LogP contribution in [0.25, 0.3) is 5.69 Å². The fourth-order valence-corrected chi connectivity index (χ4v) is 1.74. The van der Waals surface area contributed by atoms with Crippen LogP contribution in [0, 0.1) is 20.8 Å². The summed E-state index contributed by atoms with van der Waals surface area (Å²) in [6.07, 6.45) is 1.57. The quantitative estimate of drug-likeness (QED) is 0.744. The molecular formula is C10H4ClFIN3. The van der Waals surface area contributed by atoms with E-state index in [0.29, 0.717) is 14.4 Å². The van der Waals surface area contributed by atoms with Crippen LogP contribution in [0.3, 0.4) is 0 Å². The molecule has 0 fully saturated rings. The molecule has 1 heterocycles. The molecular weight excluding hydrogens is 343 g/mol. The molecule has 0 N–H and O–H groups in total. The topological polar surface area (TPSA) is 41.6 Å². The van der Waals surface area contributed by atoms with Crippen molar-refractivity contribution in [2.45, 2.75) is 0 Å². The number of hydrogen-bond acceptors (Lipinski definition) is 2. The summed E-state index contributed by atoms with van der Waals surface area (Å²) >= 11 is 7.82. The molecule has 0 saturated carbocycles. The van der Waals surface area contributed by atoms with Crippen molar-refractivity contribution in [3.05, 3.63) is 44.5 Å². The van der Waals surface area contributed by atoms with Crippen LogP contribution < -0.4 is 0 Å². The van der Waals surface area contributed by atoms with E-state index in [9.17, 15) is 4.39 Å². The van der Waals surface area contributed by atoms with E-state index in [0.717, 1.165) is 0 Å². The fourth-order valence-electron chi connectivity index (χ4n) is 1.24. The summed E-state index contributed by atoms with van der Waals surface area (Å²) in [5, 5.41) is 13.3. The van der Waals surface area contributed by atoms with E-state index < -0.39 is 5.82 Å². The average Bonchev–Trinajstić information content (AvgIpc) is 2.58. The Kier molecular flexibility index (Phi) is 3.12. The van der Waals surface area contributed by atoms with Gasteiger partial charge in [-0.25, -0.2) is 9.07 Å². The number of benzene rings is 1. The Hall–Kier alpha value is -1.13. The standard InChI is InChI=1S/C10H4ClFIN3/c11-9-5-16(15-10(9)13)8-2-6(4-14)1-7(12)3-8/h1-3,5H. The highest BCUT2D eigenvalue weighted by Gasteiger charge is 2.07. The molecule has 0 aliphatic rings. The monoisotopic (exact) mass is 347 g/mol. The number of aromatic nitrogens is 2. The van der Waals surface area contributed by atoms with Gasteiger partial charge in [-0.3, -0.25) is 0 Å². The van der Waals surface area contributed by atoms with E-state index in [4.69, 9.17) is 16.9 Å². The van der Waals surface area contributed by atoms with Gasteiger partial charge < -0.3 is 0 Å². The molecule has 0 aliphatic heterocycles. The number of hydrogen-bond donors (Lipinski definition) is 0. The van der Waals surface area contributed by atoms with Gasteiger partial charge in [0.25, 0.3) is 0 Å². The third-order valence-electron chi connectivity index (χ3n) is 1.90. The summed E-state index contributed by atoms with van der Waals surface area (Å²) < 4.78 is 15.2. The lowest BCUT2D eigenvalue weighted by molar-refractivity contribution is 0.625. The Labute approximate surface area is 110 Å². The van der Waals surface area contributed by atoms with E-state index in [1.54, 1.807) is 12.3 Å². The molecule has 0 radical (unpaired) electrons. The maximum absolute atomic E-state index is 13.2. The van der Waals surface area contributed by atoms with Crippen molar-refractivity contribution < 1.29 is 4.39 Å². The number of nitrogens with zero attached hydrogens (tertiary/aromatic N) is 3. The van der Waals surface area contributed by atoms with Crippen LogP contribution in [0.5, 0.6) is 0 Å². The van der Waals surface area contributed by atoms with Gasteiger partial charge in [0.15, 0.2) is 0 Å². The minimum absolute atomic E-state index is 0.247. The Morgan fingerprint density at radius 2 is 2.19 bits per heavy atom. The Morgan fingerprint density at radius 3 is 2.75 bits per heavy atom. The predicted octanol–water partition coefficient (Wildman–Crippen LogP) is 3.14. The van der Waals surface area contributed by atoms with Crippen LogP contribution in [0.1, 0.15) is 5.56 Å². The third-order valence-corrected chi connectivity index (χ3v) is 3.30. The van der Waals surface area contributed by atoms with Crippen LogP contribution in [0.4, 0.5) is 4.39 Å². The molecule has 0 atom stereocenters. The Morgan fingerprint density at radius 1 is 1.44 bits per heavy atom. The maximum atomic E-state index is 13.2. The van der Waals surface area contributed by atoms with Gasteiger partial charge in [-0.1, -0.05) is 11.6 Å². The molecule has 3 nitrogen and oxygen atoms in total. The molecule has 0 saturated heterocycles. The first kappa shape index (κ1) is 11.4. The summed E-state index contributed by atoms with van der Waals surface area (Å²) in [5.41, 5.74) is 0.720. The smallest absolute Gasteiger partial charge is 0.142 e. The lowest BCUT2D eigenvalue weighted by Gasteiger charge is -2.01. The summed E-state index contributed by atoms with van der Waals surface area (Å²) in [7, 11) is 0. The second-order valence-electron chi connectivity index (χ2n) is 3.02. The van der Waals surface area contributed by atoms with E-state index in [1.807, 2.05) is 28.7 Å². The Balaban J connectivity index is 2.56. The van der Waals surface area contributed by atoms with Crippen molar-refractivity contribution in [1.29, 1.82) is 5.26 Å². The molecule has 0 bridgehead atoms. The lowest BCUT2D eigenvalue weighted by Crippen LogP contribution is -1.96. The molecule has 0 aliphatic carbocycles. The largest absolute Gasteiger partial charge is 0.238 e. The first-order valence-electron chi connectivity index (χ1n) is 4.22. The lowest BCUT2D eigenvalue weighted by atomic mass is 10.2. The predicted molar refractivity (Wildman–Crippen MR) is 66.0 cm³/mol. The second-order valence-corrected chi connectivity index (χ2v) is 4.45. The minimum Gasteiger partial charge on any atom is -0.238 e. The van der Waals surface area contributed by atoms with Crippen LogP contribution in [-0.2, 0) is 0 Å². The van der Waals surface area contributed by atoms with Gasteiger partial charge >= 0.3 is 0 Å². The second kappa shape index (κ2) is 4.39. The van der Waals surface area contributed by atoms with E-state index in [-0.39, 0.29) is 5.56 Å². The minimum atomic E-state index is -0.476. The zero-order chi connectivity index (χ0) is 11.7. The van der Waals surface area contributed by atoms with Crippen molar-refractivity contribution in [3.63, 3.8) is 0 Å². The van der Waals surface area contributed by atoms with Crippen LogP contribution in [0.15, 0.2) is 24.4 Å². The molecule has 0 spiro atoms. The average molecular weight is 348 g/mol. The highest BCUT2D eigenvalue weighted by atomic mass is 127. The van der Waals surface area contributed by atoms with Crippen LogP contribution in [0.2, 0.25) is 5.02 Å². The van der Waals surface area contributed by atoms with Gasteiger partial charge in [0.05, 0.1) is 28.5 Å². The molecule has 2 aromatic rings. The number of nitriles is 1. The van der Waals surface area contributed by atoms with E-state index >= 15 is 0 Å². The first-order valence-corrected chi connectivity index (χ1v) is 5.67. The number of halogens is 3. The van der Waals surface area contributed by atoms with Crippen molar-refractivity contribution in [2.24, 2.45) is 0 Å². The molecule has 80 valence electrons. The molecule has 2 rings (SSSR count). The molecule has 1 aromatic heterocycles. The van der Waals surface area contributed by atoms with E-state index in [1.165, 1.54) is 16.8 Å². The van der Waals surface area contributed by atoms with Gasteiger partial charge in [-0.2, -0.15) is 10.4 Å². The zero-order valence-electron chi connectivity index (χ0n) is 7.78. The third kappa shape index (κ3) is 2.18. The zero-order valence-corrected chi connectivity index (χ0v) is 10.7. The first-order chi connectivity index (χ1) is 7.60.